The topological polar surface area (TPSA) is 34.1 Å². The Morgan fingerprint density at radius 1 is 1.27 bits per heavy atom. The van der Waals surface area contributed by atoms with Crippen LogP contribution in [0.25, 0.3) is 0 Å². The Labute approximate surface area is 69.9 Å². The molecule has 0 saturated heterocycles. The molecule has 1 unspecified atom stereocenters. The molecule has 0 N–H and O–H groups in total. The maximum absolute atomic E-state index is 11.3. The predicted octanol–water partition coefficient (Wildman–Crippen LogP) is 2.00. The van der Waals surface area contributed by atoms with Gasteiger partial charge in [0, 0.05) is 6.26 Å². The summed E-state index contributed by atoms with van der Waals surface area (Å²) in [6.07, 6.45) is 3.73. The van der Waals surface area contributed by atoms with E-state index < -0.39 is 14.6 Å². The van der Waals surface area contributed by atoms with Gasteiger partial charge in [-0.2, -0.15) is 0 Å². The van der Waals surface area contributed by atoms with E-state index in [0.717, 1.165) is 12.8 Å². The Bertz CT molecular complexity index is 206. The molecule has 0 aliphatic carbocycles. The van der Waals surface area contributed by atoms with Crippen LogP contribution < -0.4 is 0 Å². The lowest BCUT2D eigenvalue weighted by atomic mass is 10.0. The molecule has 0 spiro atoms. The monoisotopic (exact) mass is 178 g/mol. The highest BCUT2D eigenvalue weighted by atomic mass is 32.2. The van der Waals surface area contributed by atoms with Crippen LogP contribution in [0.2, 0.25) is 0 Å². The predicted molar refractivity (Wildman–Crippen MR) is 48.4 cm³/mol. The van der Waals surface area contributed by atoms with Crippen molar-refractivity contribution in [3.63, 3.8) is 0 Å². The molecule has 0 heterocycles. The summed E-state index contributed by atoms with van der Waals surface area (Å²) in [5, 5.41) is 0. The Balaban J connectivity index is 4.61. The molecule has 1 atom stereocenters. The van der Waals surface area contributed by atoms with E-state index in [1.54, 1.807) is 0 Å². The third-order valence-electron chi connectivity index (χ3n) is 2.42. The second-order valence-corrected chi connectivity index (χ2v) is 5.86. The maximum Gasteiger partial charge on any atom is 0.152 e. The van der Waals surface area contributed by atoms with Crippen LogP contribution in [-0.2, 0) is 9.84 Å². The van der Waals surface area contributed by atoms with Crippen molar-refractivity contribution < 1.29 is 8.42 Å². The van der Waals surface area contributed by atoms with Crippen molar-refractivity contribution in [3.05, 3.63) is 0 Å². The quantitative estimate of drug-likeness (QED) is 0.660. The van der Waals surface area contributed by atoms with Gasteiger partial charge in [-0.15, -0.1) is 0 Å². The molecule has 0 amide bonds. The van der Waals surface area contributed by atoms with Crippen LogP contribution >= 0.6 is 0 Å². The van der Waals surface area contributed by atoms with Crippen molar-refractivity contribution in [1.29, 1.82) is 0 Å². The summed E-state index contributed by atoms with van der Waals surface area (Å²) in [5.41, 5.74) is 0. The first-order valence-corrected chi connectivity index (χ1v) is 5.96. The fourth-order valence-corrected chi connectivity index (χ4v) is 2.25. The molecule has 0 radical (unpaired) electrons. The number of hydrogen-bond acceptors (Lipinski definition) is 2. The van der Waals surface area contributed by atoms with Gasteiger partial charge in [0.2, 0.25) is 0 Å². The van der Waals surface area contributed by atoms with Crippen LogP contribution in [0.5, 0.6) is 0 Å². The van der Waals surface area contributed by atoms with Crippen LogP contribution in [0.3, 0.4) is 0 Å². The van der Waals surface area contributed by atoms with Gasteiger partial charge in [-0.25, -0.2) is 8.42 Å². The molecule has 3 heteroatoms. The van der Waals surface area contributed by atoms with Gasteiger partial charge in [0.25, 0.3) is 0 Å². The number of hydrogen-bond donors (Lipinski definition) is 0. The van der Waals surface area contributed by atoms with E-state index in [-0.39, 0.29) is 0 Å². The minimum absolute atomic E-state index is 0.498. The van der Waals surface area contributed by atoms with E-state index >= 15 is 0 Å². The van der Waals surface area contributed by atoms with E-state index in [0.29, 0.717) is 6.42 Å². The van der Waals surface area contributed by atoms with Crippen molar-refractivity contribution in [1.82, 2.24) is 0 Å². The molecule has 0 aromatic heterocycles. The Hall–Kier alpha value is -0.0500. The van der Waals surface area contributed by atoms with Gasteiger partial charge in [-0.1, -0.05) is 20.3 Å². The number of sulfone groups is 1. The SMILES string of the molecule is CCCC(C)(CC)S(C)(=O)=O. The maximum atomic E-state index is 11.3. The van der Waals surface area contributed by atoms with Crippen LogP contribution in [0, 0.1) is 0 Å². The van der Waals surface area contributed by atoms with Crippen LogP contribution in [0.15, 0.2) is 0 Å². The fourth-order valence-electron chi connectivity index (χ4n) is 1.15. The highest BCUT2D eigenvalue weighted by Gasteiger charge is 2.32. The molecule has 0 rings (SSSR count). The van der Waals surface area contributed by atoms with Gasteiger partial charge in [-0.3, -0.25) is 0 Å². The molecule has 0 aromatic carbocycles. The molecule has 68 valence electrons. The van der Waals surface area contributed by atoms with Gasteiger partial charge in [0.15, 0.2) is 9.84 Å². The van der Waals surface area contributed by atoms with E-state index in [9.17, 15) is 8.42 Å². The zero-order valence-corrected chi connectivity index (χ0v) is 8.66. The molecule has 0 aliphatic rings. The highest BCUT2D eigenvalue weighted by Crippen LogP contribution is 2.25. The van der Waals surface area contributed by atoms with Crippen LogP contribution in [0.4, 0.5) is 0 Å². The van der Waals surface area contributed by atoms with Gasteiger partial charge in [0.05, 0.1) is 4.75 Å². The van der Waals surface area contributed by atoms with Crippen LogP contribution in [-0.4, -0.2) is 19.4 Å². The summed E-state index contributed by atoms with van der Waals surface area (Å²) in [4.78, 5) is 0. The smallest absolute Gasteiger partial charge is 0.152 e. The third kappa shape index (κ3) is 2.47. The molecule has 0 aromatic rings. The minimum Gasteiger partial charge on any atom is -0.229 e. The second kappa shape index (κ2) is 3.57. The molecule has 0 saturated carbocycles. The first kappa shape index (κ1) is 11.0. The van der Waals surface area contributed by atoms with Crippen LogP contribution in [0.1, 0.15) is 40.0 Å². The van der Waals surface area contributed by atoms with Crippen molar-refractivity contribution in [2.45, 2.75) is 44.8 Å². The van der Waals surface area contributed by atoms with E-state index in [1.807, 2.05) is 20.8 Å². The number of rotatable bonds is 4. The summed E-state index contributed by atoms with van der Waals surface area (Å²) in [5.74, 6) is 0. The average molecular weight is 178 g/mol. The molecule has 2 nitrogen and oxygen atoms in total. The van der Waals surface area contributed by atoms with Gasteiger partial charge in [0.1, 0.15) is 0 Å². The lowest BCUT2D eigenvalue weighted by Crippen LogP contribution is -2.33. The van der Waals surface area contributed by atoms with Gasteiger partial charge < -0.3 is 0 Å². The summed E-state index contributed by atoms with van der Waals surface area (Å²) in [7, 11) is -2.88. The van der Waals surface area contributed by atoms with E-state index in [2.05, 4.69) is 0 Å². The fraction of sp³-hybridized carbons (Fsp3) is 1.00. The van der Waals surface area contributed by atoms with Crippen molar-refractivity contribution in [2.75, 3.05) is 6.26 Å². The summed E-state index contributed by atoms with van der Waals surface area (Å²) in [6.45, 7) is 5.77. The molecule has 0 fully saturated rings. The molecular weight excluding hydrogens is 160 g/mol. The third-order valence-corrected chi connectivity index (χ3v) is 4.71. The Morgan fingerprint density at radius 3 is 1.82 bits per heavy atom. The highest BCUT2D eigenvalue weighted by molar-refractivity contribution is 7.92. The van der Waals surface area contributed by atoms with Crippen molar-refractivity contribution in [3.8, 4) is 0 Å². The first-order chi connectivity index (χ1) is 4.87. The standard InChI is InChI=1S/C8H18O2S/c1-5-7-8(3,6-2)11(4,9)10/h5-7H2,1-4H3. The Kier molecular flexibility index (Phi) is 3.55. The van der Waals surface area contributed by atoms with E-state index in [1.165, 1.54) is 6.26 Å². The van der Waals surface area contributed by atoms with Crippen molar-refractivity contribution >= 4 is 9.84 Å². The van der Waals surface area contributed by atoms with E-state index in [4.69, 9.17) is 0 Å². The zero-order chi connectivity index (χ0) is 9.12. The van der Waals surface area contributed by atoms with Crippen molar-refractivity contribution in [2.24, 2.45) is 0 Å². The molecule has 11 heavy (non-hydrogen) atoms. The molecule has 0 aliphatic heterocycles. The first-order valence-electron chi connectivity index (χ1n) is 4.07. The Morgan fingerprint density at radius 2 is 1.73 bits per heavy atom. The lowest BCUT2D eigenvalue weighted by molar-refractivity contribution is 0.493. The largest absolute Gasteiger partial charge is 0.229 e. The molecular formula is C8H18O2S. The summed E-state index contributed by atoms with van der Waals surface area (Å²) >= 11 is 0. The zero-order valence-electron chi connectivity index (χ0n) is 7.85. The molecule has 0 bridgehead atoms. The summed E-state index contributed by atoms with van der Waals surface area (Å²) < 4.78 is 22.1. The second-order valence-electron chi connectivity index (χ2n) is 3.33. The normalized spacial score (nSPS) is 17.8. The van der Waals surface area contributed by atoms with Gasteiger partial charge in [-0.05, 0) is 19.8 Å². The van der Waals surface area contributed by atoms with Gasteiger partial charge >= 0.3 is 0 Å². The lowest BCUT2D eigenvalue weighted by Gasteiger charge is -2.25. The minimum atomic E-state index is -2.88. The average Bonchev–Trinajstić information content (AvgIpc) is 1.86. The summed E-state index contributed by atoms with van der Waals surface area (Å²) in [6, 6.07) is 0.